The van der Waals surface area contributed by atoms with Crippen molar-refractivity contribution in [3.63, 3.8) is 0 Å². The lowest BCUT2D eigenvalue weighted by atomic mass is 9.72. The Morgan fingerprint density at radius 3 is 2.32 bits per heavy atom. The standard InChI is InChI=1S/C17H34N2/c1-15(2,3)11-14-12-17(7-9-18-14)8-10-19(13-17)16(4,5)6/h14,18H,7-13H2,1-6H3. The number of nitrogens with zero attached hydrogens (tertiary/aromatic N) is 1. The van der Waals surface area contributed by atoms with E-state index >= 15 is 0 Å². The SMILES string of the molecule is CC(C)(C)CC1CC2(CCN1)CCN(C(C)(C)C)C2. The van der Waals surface area contributed by atoms with Gasteiger partial charge in [0.05, 0.1) is 0 Å². The maximum atomic E-state index is 3.76. The number of piperidine rings is 1. The third kappa shape index (κ3) is 3.95. The van der Waals surface area contributed by atoms with Gasteiger partial charge in [0.1, 0.15) is 0 Å². The van der Waals surface area contributed by atoms with Crippen LogP contribution < -0.4 is 5.32 Å². The Labute approximate surface area is 120 Å². The van der Waals surface area contributed by atoms with Crippen molar-refractivity contribution in [2.45, 2.75) is 78.8 Å². The number of nitrogens with one attached hydrogen (secondary N) is 1. The van der Waals surface area contributed by atoms with Crippen LogP contribution in [0.25, 0.3) is 0 Å². The van der Waals surface area contributed by atoms with Gasteiger partial charge in [-0.3, -0.25) is 4.90 Å². The average molecular weight is 266 g/mol. The van der Waals surface area contributed by atoms with Crippen molar-refractivity contribution in [3.8, 4) is 0 Å². The minimum Gasteiger partial charge on any atom is -0.314 e. The Hall–Kier alpha value is -0.0800. The van der Waals surface area contributed by atoms with E-state index in [1.54, 1.807) is 0 Å². The van der Waals surface area contributed by atoms with Crippen LogP contribution in [0.2, 0.25) is 0 Å². The van der Waals surface area contributed by atoms with Gasteiger partial charge in [0.25, 0.3) is 0 Å². The summed E-state index contributed by atoms with van der Waals surface area (Å²) in [5, 5.41) is 3.76. The molecule has 2 saturated heterocycles. The summed E-state index contributed by atoms with van der Waals surface area (Å²) < 4.78 is 0. The summed E-state index contributed by atoms with van der Waals surface area (Å²) >= 11 is 0. The molecule has 112 valence electrons. The fraction of sp³-hybridized carbons (Fsp3) is 1.00. The molecule has 2 heterocycles. The van der Waals surface area contributed by atoms with Gasteiger partial charge in [0, 0.05) is 18.1 Å². The van der Waals surface area contributed by atoms with Gasteiger partial charge in [-0.15, -0.1) is 0 Å². The Morgan fingerprint density at radius 2 is 1.79 bits per heavy atom. The van der Waals surface area contributed by atoms with E-state index in [0.717, 1.165) is 6.04 Å². The molecular weight excluding hydrogens is 232 g/mol. The number of likely N-dealkylation sites (tertiary alicyclic amines) is 1. The summed E-state index contributed by atoms with van der Waals surface area (Å²) in [6.45, 7) is 18.0. The maximum absolute atomic E-state index is 3.76. The molecule has 2 atom stereocenters. The van der Waals surface area contributed by atoms with Crippen LogP contribution in [0.15, 0.2) is 0 Å². The molecule has 0 aliphatic carbocycles. The molecule has 2 fully saturated rings. The smallest absolute Gasteiger partial charge is 0.0125 e. The zero-order valence-corrected chi connectivity index (χ0v) is 14.0. The van der Waals surface area contributed by atoms with Gasteiger partial charge in [-0.25, -0.2) is 0 Å². The normalized spacial score (nSPS) is 34.1. The molecule has 0 amide bonds. The van der Waals surface area contributed by atoms with Crippen LogP contribution >= 0.6 is 0 Å². The molecule has 2 nitrogen and oxygen atoms in total. The summed E-state index contributed by atoms with van der Waals surface area (Å²) in [6, 6.07) is 0.730. The van der Waals surface area contributed by atoms with E-state index in [1.807, 2.05) is 0 Å². The summed E-state index contributed by atoms with van der Waals surface area (Å²) in [6.07, 6.45) is 5.48. The van der Waals surface area contributed by atoms with Crippen molar-refractivity contribution in [2.24, 2.45) is 10.8 Å². The second-order valence-electron chi connectivity index (χ2n) is 9.21. The van der Waals surface area contributed by atoms with Crippen molar-refractivity contribution >= 4 is 0 Å². The Bertz CT molecular complexity index is 310. The van der Waals surface area contributed by atoms with Gasteiger partial charge in [-0.1, -0.05) is 20.8 Å². The molecule has 2 heteroatoms. The van der Waals surface area contributed by atoms with Crippen LogP contribution in [0, 0.1) is 10.8 Å². The van der Waals surface area contributed by atoms with Crippen molar-refractivity contribution in [1.82, 2.24) is 10.2 Å². The van der Waals surface area contributed by atoms with E-state index in [-0.39, 0.29) is 0 Å². The first-order chi connectivity index (χ1) is 8.60. The van der Waals surface area contributed by atoms with E-state index in [4.69, 9.17) is 0 Å². The van der Waals surface area contributed by atoms with Crippen molar-refractivity contribution in [1.29, 1.82) is 0 Å². The lowest BCUT2D eigenvalue weighted by molar-refractivity contribution is 0.108. The fourth-order valence-electron chi connectivity index (χ4n) is 4.00. The molecule has 2 aliphatic rings. The molecule has 0 aromatic carbocycles. The molecule has 0 bridgehead atoms. The highest BCUT2D eigenvalue weighted by Crippen LogP contribution is 2.43. The second-order valence-corrected chi connectivity index (χ2v) is 9.21. The zero-order valence-electron chi connectivity index (χ0n) is 14.0. The van der Waals surface area contributed by atoms with Gasteiger partial charge in [-0.2, -0.15) is 0 Å². The molecule has 0 saturated carbocycles. The largest absolute Gasteiger partial charge is 0.314 e. The highest BCUT2D eigenvalue weighted by Gasteiger charge is 2.44. The van der Waals surface area contributed by atoms with Gasteiger partial charge >= 0.3 is 0 Å². The highest BCUT2D eigenvalue weighted by molar-refractivity contribution is 4.99. The molecule has 1 spiro atoms. The van der Waals surface area contributed by atoms with Crippen molar-refractivity contribution < 1.29 is 0 Å². The first kappa shape index (κ1) is 15.3. The first-order valence-corrected chi connectivity index (χ1v) is 8.08. The fourth-order valence-corrected chi connectivity index (χ4v) is 4.00. The zero-order chi connectivity index (χ0) is 14.3. The predicted molar refractivity (Wildman–Crippen MR) is 83.5 cm³/mol. The number of hydrogen-bond acceptors (Lipinski definition) is 2. The molecule has 0 aromatic rings. The highest BCUT2D eigenvalue weighted by atomic mass is 15.2. The van der Waals surface area contributed by atoms with Gasteiger partial charge in [-0.05, 0) is 70.4 Å². The summed E-state index contributed by atoms with van der Waals surface area (Å²) in [5.41, 5.74) is 1.39. The molecule has 19 heavy (non-hydrogen) atoms. The van der Waals surface area contributed by atoms with E-state index in [0.29, 0.717) is 16.4 Å². The average Bonchev–Trinajstić information content (AvgIpc) is 2.59. The topological polar surface area (TPSA) is 15.3 Å². The van der Waals surface area contributed by atoms with Crippen LogP contribution in [0.3, 0.4) is 0 Å². The van der Waals surface area contributed by atoms with Gasteiger partial charge < -0.3 is 5.32 Å². The number of rotatable bonds is 1. The van der Waals surface area contributed by atoms with E-state index < -0.39 is 0 Å². The molecule has 2 aliphatic heterocycles. The van der Waals surface area contributed by atoms with Crippen LogP contribution in [-0.4, -0.2) is 36.1 Å². The van der Waals surface area contributed by atoms with E-state index in [9.17, 15) is 0 Å². The van der Waals surface area contributed by atoms with E-state index in [2.05, 4.69) is 51.8 Å². The van der Waals surface area contributed by atoms with Gasteiger partial charge in [0.2, 0.25) is 0 Å². The predicted octanol–water partition coefficient (Wildman–Crippen LogP) is 3.67. The maximum Gasteiger partial charge on any atom is 0.0125 e. The van der Waals surface area contributed by atoms with Crippen LogP contribution in [0.1, 0.15) is 67.2 Å². The third-order valence-electron chi connectivity index (χ3n) is 5.01. The lowest BCUT2D eigenvalue weighted by Crippen LogP contribution is -2.48. The molecule has 1 N–H and O–H groups in total. The summed E-state index contributed by atoms with van der Waals surface area (Å²) in [7, 11) is 0. The van der Waals surface area contributed by atoms with Crippen LogP contribution in [-0.2, 0) is 0 Å². The van der Waals surface area contributed by atoms with Crippen molar-refractivity contribution in [2.75, 3.05) is 19.6 Å². The molecule has 2 rings (SSSR count). The van der Waals surface area contributed by atoms with Crippen LogP contribution in [0.5, 0.6) is 0 Å². The van der Waals surface area contributed by atoms with Gasteiger partial charge in [0.15, 0.2) is 0 Å². The monoisotopic (exact) mass is 266 g/mol. The molecule has 0 aromatic heterocycles. The summed E-state index contributed by atoms with van der Waals surface area (Å²) in [4.78, 5) is 2.70. The quantitative estimate of drug-likeness (QED) is 0.779. The minimum absolute atomic E-state index is 0.341. The molecule has 0 radical (unpaired) electrons. The summed E-state index contributed by atoms with van der Waals surface area (Å²) in [5.74, 6) is 0. The van der Waals surface area contributed by atoms with E-state index in [1.165, 1.54) is 45.3 Å². The second kappa shape index (κ2) is 5.04. The Kier molecular flexibility index (Phi) is 4.06. The lowest BCUT2D eigenvalue weighted by Gasteiger charge is -2.42. The number of hydrogen-bond donors (Lipinski definition) is 1. The minimum atomic E-state index is 0.341. The third-order valence-corrected chi connectivity index (χ3v) is 5.01. The Balaban J connectivity index is 1.98. The molecule has 2 unspecified atom stereocenters. The Morgan fingerprint density at radius 1 is 1.11 bits per heavy atom. The van der Waals surface area contributed by atoms with Crippen LogP contribution in [0.4, 0.5) is 0 Å². The molecular formula is C17H34N2. The van der Waals surface area contributed by atoms with Crippen molar-refractivity contribution in [3.05, 3.63) is 0 Å². The first-order valence-electron chi connectivity index (χ1n) is 8.08.